The number of amides is 1. The Morgan fingerprint density at radius 2 is 2.04 bits per heavy atom. The highest BCUT2D eigenvalue weighted by Crippen LogP contribution is 2.16. The van der Waals surface area contributed by atoms with Gasteiger partial charge in [0.25, 0.3) is 0 Å². The molecule has 0 aliphatic carbocycles. The van der Waals surface area contributed by atoms with E-state index < -0.39 is 12.1 Å². The van der Waals surface area contributed by atoms with Gasteiger partial charge in [0.2, 0.25) is 0 Å². The van der Waals surface area contributed by atoms with Gasteiger partial charge >= 0.3 is 12.1 Å². The van der Waals surface area contributed by atoms with Crippen LogP contribution in [0.3, 0.4) is 0 Å². The van der Waals surface area contributed by atoms with Gasteiger partial charge in [-0.05, 0) is 25.0 Å². The molecule has 0 atom stereocenters. The third-order valence-corrected chi connectivity index (χ3v) is 3.92. The van der Waals surface area contributed by atoms with E-state index in [1.165, 1.54) is 11.3 Å². The van der Waals surface area contributed by atoms with E-state index in [2.05, 4.69) is 10.3 Å². The Morgan fingerprint density at radius 3 is 2.80 bits per heavy atom. The Hall–Kier alpha value is -2.67. The Labute approximate surface area is 150 Å². The predicted octanol–water partition coefficient (Wildman–Crippen LogP) is 3.65. The molecule has 0 spiro atoms. The number of nitrogens with zero attached hydrogens (tertiary/aromatic N) is 1. The monoisotopic (exact) mass is 360 g/mol. The van der Waals surface area contributed by atoms with E-state index in [1.54, 1.807) is 18.5 Å². The number of carbonyl (C=O) groups excluding carboxylic acids is 2. The quantitative estimate of drug-likeness (QED) is 0.574. The number of aromatic nitrogens is 1. The molecule has 0 aliphatic heterocycles. The zero-order chi connectivity index (χ0) is 17.9. The molecular weight excluding hydrogens is 340 g/mol. The van der Waals surface area contributed by atoms with Crippen molar-refractivity contribution < 1.29 is 19.1 Å². The van der Waals surface area contributed by atoms with Crippen LogP contribution >= 0.6 is 11.3 Å². The molecule has 2 aromatic rings. The molecule has 0 radical (unpaired) electrons. The van der Waals surface area contributed by atoms with E-state index in [-0.39, 0.29) is 6.61 Å². The fraction of sp³-hybridized carbons (Fsp3) is 0.278. The van der Waals surface area contributed by atoms with Gasteiger partial charge in [0.1, 0.15) is 6.61 Å². The standard InChI is InChI=1S/C18H20N2O4S/c1-2-23-17(21)16-15(25-13-20-16)10-6-7-11-19-18(22)24-12-14-8-4-3-5-9-14/h3-6,8-10,13H,2,7,11-12H2,1H3,(H,19,22). The van der Waals surface area contributed by atoms with Crippen LogP contribution in [0.5, 0.6) is 0 Å². The summed E-state index contributed by atoms with van der Waals surface area (Å²) in [7, 11) is 0. The maximum Gasteiger partial charge on any atom is 0.407 e. The van der Waals surface area contributed by atoms with Crippen LogP contribution in [0.1, 0.15) is 34.3 Å². The van der Waals surface area contributed by atoms with Crippen molar-refractivity contribution in [3.63, 3.8) is 0 Å². The van der Waals surface area contributed by atoms with Crippen LogP contribution in [0.4, 0.5) is 4.79 Å². The first-order valence-electron chi connectivity index (χ1n) is 7.92. The minimum atomic E-state index is -0.456. The minimum absolute atomic E-state index is 0.242. The smallest absolute Gasteiger partial charge is 0.407 e. The highest BCUT2D eigenvalue weighted by molar-refractivity contribution is 7.10. The molecule has 1 N–H and O–H groups in total. The molecule has 1 aromatic carbocycles. The third-order valence-electron chi connectivity index (χ3n) is 3.13. The molecule has 1 aromatic heterocycles. The maximum atomic E-state index is 11.7. The number of hydrogen-bond donors (Lipinski definition) is 1. The van der Waals surface area contributed by atoms with Crippen molar-refractivity contribution in [3.8, 4) is 0 Å². The second-order valence-corrected chi connectivity index (χ2v) is 5.85. The molecule has 0 aliphatic rings. The van der Waals surface area contributed by atoms with E-state index in [4.69, 9.17) is 9.47 Å². The first-order chi connectivity index (χ1) is 12.2. The average Bonchev–Trinajstić information content (AvgIpc) is 3.09. The van der Waals surface area contributed by atoms with Gasteiger partial charge in [-0.2, -0.15) is 0 Å². The molecule has 25 heavy (non-hydrogen) atoms. The summed E-state index contributed by atoms with van der Waals surface area (Å²) in [4.78, 5) is 28.1. The lowest BCUT2D eigenvalue weighted by Gasteiger charge is -2.05. The predicted molar refractivity (Wildman–Crippen MR) is 96.4 cm³/mol. The molecule has 1 amide bonds. The molecule has 2 rings (SSSR count). The number of esters is 1. The average molecular weight is 360 g/mol. The van der Waals surface area contributed by atoms with Crippen molar-refractivity contribution in [2.24, 2.45) is 0 Å². The molecule has 7 heteroatoms. The summed E-state index contributed by atoms with van der Waals surface area (Å²) in [5.41, 5.74) is 2.86. The molecular formula is C18H20N2O4S. The largest absolute Gasteiger partial charge is 0.461 e. The van der Waals surface area contributed by atoms with Crippen LogP contribution in [0.15, 0.2) is 41.9 Å². The van der Waals surface area contributed by atoms with Crippen LogP contribution in [-0.2, 0) is 16.1 Å². The number of rotatable bonds is 8. The number of benzene rings is 1. The van der Waals surface area contributed by atoms with Crippen molar-refractivity contribution >= 4 is 29.5 Å². The van der Waals surface area contributed by atoms with Gasteiger partial charge in [-0.25, -0.2) is 14.6 Å². The Bertz CT molecular complexity index is 713. The summed E-state index contributed by atoms with van der Waals surface area (Å²) >= 11 is 1.36. The molecule has 132 valence electrons. The molecule has 6 nitrogen and oxygen atoms in total. The number of alkyl carbamates (subject to hydrolysis) is 1. The van der Waals surface area contributed by atoms with Crippen LogP contribution in [0.25, 0.3) is 6.08 Å². The van der Waals surface area contributed by atoms with E-state index in [0.29, 0.717) is 25.3 Å². The zero-order valence-corrected chi connectivity index (χ0v) is 14.8. The normalized spacial score (nSPS) is 10.6. The van der Waals surface area contributed by atoms with Crippen molar-refractivity contribution in [3.05, 3.63) is 58.1 Å². The Balaban J connectivity index is 1.69. The van der Waals surface area contributed by atoms with Crippen LogP contribution in [0.2, 0.25) is 0 Å². The summed E-state index contributed by atoms with van der Waals surface area (Å²) < 4.78 is 10.1. The topological polar surface area (TPSA) is 77.5 Å². The van der Waals surface area contributed by atoms with Gasteiger partial charge < -0.3 is 14.8 Å². The number of carbonyl (C=O) groups is 2. The van der Waals surface area contributed by atoms with Crippen molar-refractivity contribution in [1.29, 1.82) is 0 Å². The van der Waals surface area contributed by atoms with Gasteiger partial charge in [0, 0.05) is 6.54 Å². The molecule has 0 bridgehead atoms. The SMILES string of the molecule is CCOC(=O)c1ncsc1C=CCCNC(=O)OCc1ccccc1. The number of ether oxygens (including phenoxy) is 2. The minimum Gasteiger partial charge on any atom is -0.461 e. The summed E-state index contributed by atoms with van der Waals surface area (Å²) in [5, 5.41) is 2.67. The van der Waals surface area contributed by atoms with E-state index in [0.717, 1.165) is 10.4 Å². The third kappa shape index (κ3) is 6.39. The second-order valence-electron chi connectivity index (χ2n) is 4.97. The highest BCUT2D eigenvalue weighted by Gasteiger charge is 2.13. The Morgan fingerprint density at radius 1 is 1.24 bits per heavy atom. The molecule has 0 fully saturated rings. The van der Waals surface area contributed by atoms with Gasteiger partial charge in [0.15, 0.2) is 5.69 Å². The molecule has 0 unspecified atom stereocenters. The van der Waals surface area contributed by atoms with Crippen LogP contribution < -0.4 is 5.32 Å². The highest BCUT2D eigenvalue weighted by atomic mass is 32.1. The summed E-state index contributed by atoms with van der Waals surface area (Å²) in [5.74, 6) is -0.425. The lowest BCUT2D eigenvalue weighted by molar-refractivity contribution is 0.0520. The summed E-state index contributed by atoms with van der Waals surface area (Å²) in [6.45, 7) is 2.75. The second kappa shape index (κ2) is 10.2. The maximum absolute atomic E-state index is 11.7. The summed E-state index contributed by atoms with van der Waals surface area (Å²) in [6.07, 6.45) is 3.83. The van der Waals surface area contributed by atoms with Gasteiger partial charge in [-0.1, -0.05) is 36.4 Å². The molecule has 0 saturated heterocycles. The fourth-order valence-electron chi connectivity index (χ4n) is 1.95. The fourth-order valence-corrected chi connectivity index (χ4v) is 2.64. The first kappa shape index (κ1) is 18.7. The summed E-state index contributed by atoms with van der Waals surface area (Å²) in [6, 6.07) is 9.49. The Kier molecular flexibility index (Phi) is 7.65. The van der Waals surface area contributed by atoms with Gasteiger partial charge in [-0.3, -0.25) is 0 Å². The zero-order valence-electron chi connectivity index (χ0n) is 13.9. The number of nitrogens with one attached hydrogen (secondary N) is 1. The molecule has 1 heterocycles. The lowest BCUT2D eigenvalue weighted by Crippen LogP contribution is -2.24. The van der Waals surface area contributed by atoms with Crippen molar-refractivity contribution in [2.45, 2.75) is 20.0 Å². The first-order valence-corrected chi connectivity index (χ1v) is 8.80. The van der Waals surface area contributed by atoms with E-state index >= 15 is 0 Å². The van der Waals surface area contributed by atoms with Crippen molar-refractivity contribution in [1.82, 2.24) is 10.3 Å². The molecule has 0 saturated carbocycles. The van der Waals surface area contributed by atoms with Gasteiger partial charge in [0.05, 0.1) is 17.0 Å². The van der Waals surface area contributed by atoms with Crippen LogP contribution in [0, 0.1) is 0 Å². The van der Waals surface area contributed by atoms with Crippen molar-refractivity contribution in [2.75, 3.05) is 13.2 Å². The van der Waals surface area contributed by atoms with Gasteiger partial charge in [-0.15, -0.1) is 11.3 Å². The number of hydrogen-bond acceptors (Lipinski definition) is 6. The van der Waals surface area contributed by atoms with E-state index in [9.17, 15) is 9.59 Å². The van der Waals surface area contributed by atoms with Crippen LogP contribution in [-0.4, -0.2) is 30.2 Å². The number of thiazole rings is 1. The lowest BCUT2D eigenvalue weighted by atomic mass is 10.2. The van der Waals surface area contributed by atoms with E-state index in [1.807, 2.05) is 36.4 Å².